The van der Waals surface area contributed by atoms with Gasteiger partial charge in [0.2, 0.25) is 0 Å². The molecule has 0 heterocycles. The molecule has 20 heavy (non-hydrogen) atoms. The van der Waals surface area contributed by atoms with E-state index in [4.69, 9.17) is 0 Å². The molecule has 0 saturated carbocycles. The fraction of sp³-hybridized carbons (Fsp3) is 1.00. The van der Waals surface area contributed by atoms with E-state index in [-0.39, 0.29) is 0 Å². The molecule has 0 saturated heterocycles. The molecule has 0 aromatic carbocycles. The Balaban J connectivity index is 3.27. The van der Waals surface area contributed by atoms with Gasteiger partial charge >= 0.3 is 0 Å². The van der Waals surface area contributed by atoms with Crippen LogP contribution in [-0.4, -0.2) is 24.1 Å². The van der Waals surface area contributed by atoms with Gasteiger partial charge in [-0.3, -0.25) is 0 Å². The summed E-state index contributed by atoms with van der Waals surface area (Å²) in [4.78, 5) is 0. The molecule has 0 aliphatic heterocycles. The summed E-state index contributed by atoms with van der Waals surface area (Å²) in [5, 5.41) is 3.63. The van der Waals surface area contributed by atoms with Crippen LogP contribution in [0.15, 0.2) is 0 Å². The Morgan fingerprint density at radius 3 is 1.80 bits per heavy atom. The molecular weight excluding hydrogens is 262 g/mol. The lowest BCUT2D eigenvalue weighted by molar-refractivity contribution is 0.490. The van der Waals surface area contributed by atoms with E-state index in [0.29, 0.717) is 0 Å². The van der Waals surface area contributed by atoms with E-state index in [2.05, 4.69) is 37.8 Å². The summed E-state index contributed by atoms with van der Waals surface area (Å²) < 4.78 is 0. The van der Waals surface area contributed by atoms with Gasteiger partial charge in [-0.15, -0.1) is 0 Å². The van der Waals surface area contributed by atoms with Crippen LogP contribution >= 0.6 is 11.8 Å². The molecule has 0 aromatic heterocycles. The van der Waals surface area contributed by atoms with Crippen LogP contribution in [0.2, 0.25) is 0 Å². The van der Waals surface area contributed by atoms with Gasteiger partial charge < -0.3 is 5.32 Å². The van der Waals surface area contributed by atoms with Crippen LogP contribution in [0, 0.1) is 0 Å². The number of nitrogens with one attached hydrogen (secondary N) is 1. The van der Waals surface area contributed by atoms with E-state index in [1.54, 1.807) is 0 Å². The van der Waals surface area contributed by atoms with Gasteiger partial charge in [0.05, 0.1) is 0 Å². The Morgan fingerprint density at radius 1 is 0.750 bits per heavy atom. The average molecular weight is 302 g/mol. The lowest BCUT2D eigenvalue weighted by Gasteiger charge is -2.17. The van der Waals surface area contributed by atoms with E-state index in [0.717, 1.165) is 12.6 Å². The summed E-state index contributed by atoms with van der Waals surface area (Å²) >= 11 is 2.07. The summed E-state index contributed by atoms with van der Waals surface area (Å²) in [6, 6.07) is 0.749. The maximum atomic E-state index is 3.63. The number of rotatable bonds is 16. The van der Waals surface area contributed by atoms with Crippen molar-refractivity contribution in [2.45, 2.75) is 97.4 Å². The maximum absolute atomic E-state index is 3.63. The lowest BCUT2D eigenvalue weighted by atomic mass is 10.0. The first-order valence-electron chi connectivity index (χ1n) is 9.16. The molecule has 2 heteroatoms. The third-order valence-corrected chi connectivity index (χ3v) is 4.97. The normalized spacial score (nSPS) is 12.8. The minimum absolute atomic E-state index is 0.749. The van der Waals surface area contributed by atoms with Crippen LogP contribution in [-0.2, 0) is 0 Å². The molecule has 0 rings (SSSR count). The molecule has 0 aromatic rings. The molecule has 0 amide bonds. The Morgan fingerprint density at radius 2 is 1.30 bits per heavy atom. The van der Waals surface area contributed by atoms with E-state index >= 15 is 0 Å². The fourth-order valence-corrected chi connectivity index (χ4v) is 3.48. The van der Waals surface area contributed by atoms with Gasteiger partial charge in [-0.25, -0.2) is 0 Å². The summed E-state index contributed by atoms with van der Waals surface area (Å²) in [6.07, 6.45) is 15.8. The molecule has 0 fully saturated rings. The zero-order chi connectivity index (χ0) is 14.9. The van der Waals surface area contributed by atoms with Crippen molar-refractivity contribution in [1.29, 1.82) is 0 Å². The van der Waals surface area contributed by atoms with Crippen molar-refractivity contribution in [2.24, 2.45) is 0 Å². The SMILES string of the molecule is CCCCCCCCCCCCC(CSCC)NCC. The third kappa shape index (κ3) is 14.7. The Bertz CT molecular complexity index is 173. The van der Waals surface area contributed by atoms with Gasteiger partial charge in [0.25, 0.3) is 0 Å². The predicted molar refractivity (Wildman–Crippen MR) is 96.9 cm³/mol. The molecule has 0 spiro atoms. The molecule has 1 N–H and O–H groups in total. The highest BCUT2D eigenvalue weighted by Crippen LogP contribution is 2.13. The largest absolute Gasteiger partial charge is 0.313 e. The Kier molecular flexibility index (Phi) is 17.6. The zero-order valence-corrected chi connectivity index (χ0v) is 15.2. The number of unbranched alkanes of at least 4 members (excludes halogenated alkanes) is 9. The second-order valence-electron chi connectivity index (χ2n) is 5.88. The summed E-state index contributed by atoms with van der Waals surface area (Å²) in [6.45, 7) is 7.89. The summed E-state index contributed by atoms with van der Waals surface area (Å²) in [7, 11) is 0. The quantitative estimate of drug-likeness (QED) is 0.349. The molecular formula is C18H39NS. The molecule has 1 atom stereocenters. The van der Waals surface area contributed by atoms with Crippen molar-refractivity contribution in [3.05, 3.63) is 0 Å². The topological polar surface area (TPSA) is 12.0 Å². The lowest BCUT2D eigenvalue weighted by Crippen LogP contribution is -2.31. The highest BCUT2D eigenvalue weighted by atomic mass is 32.2. The molecule has 0 aliphatic carbocycles. The third-order valence-electron chi connectivity index (χ3n) is 3.92. The summed E-state index contributed by atoms with van der Waals surface area (Å²) in [5.41, 5.74) is 0. The zero-order valence-electron chi connectivity index (χ0n) is 14.4. The minimum Gasteiger partial charge on any atom is -0.313 e. The van der Waals surface area contributed by atoms with Crippen molar-refractivity contribution in [3.8, 4) is 0 Å². The van der Waals surface area contributed by atoms with Gasteiger partial charge in [0.1, 0.15) is 0 Å². The first-order valence-corrected chi connectivity index (χ1v) is 10.3. The first-order chi connectivity index (χ1) is 9.85. The van der Waals surface area contributed by atoms with Gasteiger partial charge in [-0.2, -0.15) is 11.8 Å². The Labute approximate surface area is 133 Å². The maximum Gasteiger partial charge on any atom is 0.0158 e. The first kappa shape index (κ1) is 20.3. The van der Waals surface area contributed by atoms with Gasteiger partial charge in [-0.05, 0) is 18.7 Å². The van der Waals surface area contributed by atoms with E-state index in [1.807, 2.05) is 0 Å². The standard InChI is InChI=1S/C18H39NS/c1-4-7-8-9-10-11-12-13-14-15-16-18(19-5-2)17-20-6-3/h18-19H,4-17H2,1-3H3. The number of thioether (sulfide) groups is 1. The predicted octanol–water partition coefficient (Wildman–Crippen LogP) is 6.03. The molecule has 0 radical (unpaired) electrons. The number of hydrogen-bond acceptors (Lipinski definition) is 2. The second-order valence-corrected chi connectivity index (χ2v) is 7.20. The van der Waals surface area contributed by atoms with Crippen molar-refractivity contribution >= 4 is 11.8 Å². The van der Waals surface area contributed by atoms with E-state index in [1.165, 1.54) is 82.1 Å². The molecule has 1 unspecified atom stereocenters. The van der Waals surface area contributed by atoms with Crippen LogP contribution in [0.25, 0.3) is 0 Å². The molecule has 1 nitrogen and oxygen atoms in total. The van der Waals surface area contributed by atoms with Gasteiger partial charge in [-0.1, -0.05) is 85.0 Å². The van der Waals surface area contributed by atoms with Crippen LogP contribution < -0.4 is 5.32 Å². The van der Waals surface area contributed by atoms with Crippen molar-refractivity contribution < 1.29 is 0 Å². The molecule has 0 aliphatic rings. The highest BCUT2D eigenvalue weighted by molar-refractivity contribution is 7.99. The monoisotopic (exact) mass is 301 g/mol. The highest BCUT2D eigenvalue weighted by Gasteiger charge is 2.06. The fourth-order valence-electron chi connectivity index (χ4n) is 2.67. The van der Waals surface area contributed by atoms with Crippen LogP contribution in [0.4, 0.5) is 0 Å². The number of hydrogen-bond donors (Lipinski definition) is 1. The van der Waals surface area contributed by atoms with Crippen LogP contribution in [0.5, 0.6) is 0 Å². The van der Waals surface area contributed by atoms with Crippen molar-refractivity contribution in [3.63, 3.8) is 0 Å². The molecule has 122 valence electrons. The minimum atomic E-state index is 0.749. The smallest absolute Gasteiger partial charge is 0.0158 e. The van der Waals surface area contributed by atoms with E-state index < -0.39 is 0 Å². The molecule has 0 bridgehead atoms. The van der Waals surface area contributed by atoms with Crippen LogP contribution in [0.1, 0.15) is 91.4 Å². The Hall–Kier alpha value is 0.310. The van der Waals surface area contributed by atoms with Crippen LogP contribution in [0.3, 0.4) is 0 Å². The van der Waals surface area contributed by atoms with Crippen molar-refractivity contribution in [1.82, 2.24) is 5.32 Å². The van der Waals surface area contributed by atoms with Gasteiger partial charge in [0.15, 0.2) is 0 Å². The van der Waals surface area contributed by atoms with Crippen molar-refractivity contribution in [2.75, 3.05) is 18.1 Å². The average Bonchev–Trinajstić information content (AvgIpc) is 2.46. The second kappa shape index (κ2) is 17.4. The van der Waals surface area contributed by atoms with E-state index in [9.17, 15) is 0 Å². The van der Waals surface area contributed by atoms with Gasteiger partial charge in [0, 0.05) is 11.8 Å². The summed E-state index contributed by atoms with van der Waals surface area (Å²) in [5.74, 6) is 2.54.